The summed E-state index contributed by atoms with van der Waals surface area (Å²) >= 11 is 0. The van der Waals surface area contributed by atoms with Gasteiger partial charge < -0.3 is 15.4 Å². The summed E-state index contributed by atoms with van der Waals surface area (Å²) in [4.78, 5) is 2.45. The standard InChI is InChI=1S/C21H25N3O/c1-2-4-19-17-5-3-6-18-20(8-7-16(15-23-19)21(17)18)22-9-10-24-11-13-25-14-12-24/h1,3,5-8,19,22-23H,4,9-15H2. The largest absolute Gasteiger partial charge is 0.383 e. The quantitative estimate of drug-likeness (QED) is 0.824. The van der Waals surface area contributed by atoms with E-state index in [2.05, 4.69) is 51.8 Å². The van der Waals surface area contributed by atoms with Gasteiger partial charge in [0.05, 0.1) is 13.2 Å². The topological polar surface area (TPSA) is 36.5 Å². The highest BCUT2D eigenvalue weighted by atomic mass is 16.5. The Hall–Kier alpha value is -2.06. The first kappa shape index (κ1) is 16.4. The number of nitrogens with zero attached hydrogens (tertiary/aromatic N) is 1. The molecule has 1 unspecified atom stereocenters. The van der Waals surface area contributed by atoms with Crippen molar-refractivity contribution in [1.82, 2.24) is 10.2 Å². The molecule has 2 aromatic rings. The highest BCUT2D eigenvalue weighted by Gasteiger charge is 2.21. The van der Waals surface area contributed by atoms with Gasteiger partial charge >= 0.3 is 0 Å². The summed E-state index contributed by atoms with van der Waals surface area (Å²) in [6.07, 6.45) is 6.29. The molecule has 4 rings (SSSR count). The van der Waals surface area contributed by atoms with Gasteiger partial charge in [-0.15, -0.1) is 12.3 Å². The summed E-state index contributed by atoms with van der Waals surface area (Å²) in [7, 11) is 0. The smallest absolute Gasteiger partial charge is 0.0594 e. The molecule has 1 atom stereocenters. The van der Waals surface area contributed by atoms with E-state index in [1.165, 1.54) is 27.6 Å². The Labute approximate surface area is 149 Å². The van der Waals surface area contributed by atoms with Gasteiger partial charge in [-0.25, -0.2) is 0 Å². The van der Waals surface area contributed by atoms with Crippen molar-refractivity contribution in [1.29, 1.82) is 0 Å². The molecular formula is C21H25N3O. The number of nitrogens with one attached hydrogen (secondary N) is 2. The van der Waals surface area contributed by atoms with Crippen LogP contribution in [0.5, 0.6) is 0 Å². The van der Waals surface area contributed by atoms with E-state index in [1.54, 1.807) is 0 Å². The predicted octanol–water partition coefficient (Wildman–Crippen LogP) is 2.75. The Balaban J connectivity index is 1.56. The highest BCUT2D eigenvalue weighted by molar-refractivity contribution is 5.99. The molecule has 2 heterocycles. The van der Waals surface area contributed by atoms with Crippen molar-refractivity contribution < 1.29 is 4.74 Å². The molecule has 25 heavy (non-hydrogen) atoms. The summed E-state index contributed by atoms with van der Waals surface area (Å²) in [6, 6.07) is 11.3. The number of anilines is 1. The molecule has 2 aromatic carbocycles. The van der Waals surface area contributed by atoms with E-state index in [4.69, 9.17) is 11.2 Å². The molecule has 1 saturated heterocycles. The Morgan fingerprint density at radius 3 is 2.96 bits per heavy atom. The Bertz CT molecular complexity index is 790. The first-order valence-corrected chi connectivity index (χ1v) is 9.12. The zero-order chi connectivity index (χ0) is 17.1. The zero-order valence-electron chi connectivity index (χ0n) is 14.6. The second kappa shape index (κ2) is 7.45. The van der Waals surface area contributed by atoms with Crippen molar-refractivity contribution >= 4 is 16.5 Å². The Kier molecular flexibility index (Phi) is 4.89. The maximum Gasteiger partial charge on any atom is 0.0594 e. The van der Waals surface area contributed by atoms with Crippen LogP contribution in [-0.2, 0) is 11.3 Å². The minimum atomic E-state index is 0.254. The minimum Gasteiger partial charge on any atom is -0.383 e. The molecule has 2 aliphatic heterocycles. The third-order valence-corrected chi connectivity index (χ3v) is 5.24. The van der Waals surface area contributed by atoms with Crippen molar-refractivity contribution in [3.05, 3.63) is 41.5 Å². The molecule has 0 spiro atoms. The van der Waals surface area contributed by atoms with Gasteiger partial charge in [0.15, 0.2) is 0 Å². The van der Waals surface area contributed by atoms with Crippen LogP contribution in [0.3, 0.4) is 0 Å². The van der Waals surface area contributed by atoms with Gasteiger partial charge in [-0.3, -0.25) is 4.90 Å². The summed E-state index contributed by atoms with van der Waals surface area (Å²) in [5.74, 6) is 2.80. The number of rotatable bonds is 5. The van der Waals surface area contributed by atoms with Crippen molar-refractivity contribution in [3.8, 4) is 12.3 Å². The van der Waals surface area contributed by atoms with Crippen molar-refractivity contribution in [3.63, 3.8) is 0 Å². The van der Waals surface area contributed by atoms with E-state index in [1.807, 2.05) is 0 Å². The monoisotopic (exact) mass is 335 g/mol. The first-order valence-electron chi connectivity index (χ1n) is 9.12. The Morgan fingerprint density at radius 1 is 1.24 bits per heavy atom. The number of hydrogen-bond donors (Lipinski definition) is 2. The van der Waals surface area contributed by atoms with Crippen LogP contribution in [0.4, 0.5) is 5.69 Å². The van der Waals surface area contributed by atoms with Crippen LogP contribution >= 0.6 is 0 Å². The lowest BCUT2D eigenvalue weighted by atomic mass is 9.89. The molecule has 4 nitrogen and oxygen atoms in total. The fourth-order valence-electron chi connectivity index (χ4n) is 3.92. The number of hydrogen-bond acceptors (Lipinski definition) is 4. The molecule has 0 saturated carbocycles. The Morgan fingerprint density at radius 2 is 2.12 bits per heavy atom. The normalized spacial score (nSPS) is 20.4. The molecule has 4 heteroatoms. The van der Waals surface area contributed by atoms with Crippen molar-refractivity contribution in [2.45, 2.75) is 19.0 Å². The van der Waals surface area contributed by atoms with E-state index >= 15 is 0 Å². The maximum atomic E-state index is 5.56. The molecule has 2 aliphatic rings. The molecule has 0 amide bonds. The summed E-state index contributed by atoms with van der Waals surface area (Å²) in [5, 5.41) is 9.88. The summed E-state index contributed by atoms with van der Waals surface area (Å²) in [6.45, 7) is 6.65. The van der Waals surface area contributed by atoms with Gasteiger partial charge in [0.25, 0.3) is 0 Å². The zero-order valence-corrected chi connectivity index (χ0v) is 14.6. The highest BCUT2D eigenvalue weighted by Crippen LogP contribution is 2.36. The molecule has 0 bridgehead atoms. The van der Waals surface area contributed by atoms with Crippen LogP contribution in [-0.4, -0.2) is 44.3 Å². The van der Waals surface area contributed by atoms with Crippen LogP contribution in [0.2, 0.25) is 0 Å². The molecule has 130 valence electrons. The van der Waals surface area contributed by atoms with Gasteiger partial charge in [0, 0.05) is 56.3 Å². The van der Waals surface area contributed by atoms with E-state index in [0.717, 1.165) is 52.4 Å². The second-order valence-electron chi connectivity index (χ2n) is 6.76. The summed E-state index contributed by atoms with van der Waals surface area (Å²) in [5.41, 5.74) is 3.90. The maximum absolute atomic E-state index is 5.56. The fourth-order valence-corrected chi connectivity index (χ4v) is 3.92. The van der Waals surface area contributed by atoms with E-state index in [0.29, 0.717) is 0 Å². The third kappa shape index (κ3) is 3.36. The van der Waals surface area contributed by atoms with Crippen LogP contribution in [0.1, 0.15) is 23.6 Å². The van der Waals surface area contributed by atoms with E-state index in [-0.39, 0.29) is 6.04 Å². The van der Waals surface area contributed by atoms with Crippen molar-refractivity contribution in [2.24, 2.45) is 0 Å². The van der Waals surface area contributed by atoms with Crippen LogP contribution in [0, 0.1) is 12.3 Å². The van der Waals surface area contributed by atoms with Crippen molar-refractivity contribution in [2.75, 3.05) is 44.7 Å². The summed E-state index contributed by atoms with van der Waals surface area (Å²) < 4.78 is 5.41. The van der Waals surface area contributed by atoms with Gasteiger partial charge in [-0.05, 0) is 22.6 Å². The lowest BCUT2D eigenvalue weighted by Crippen LogP contribution is -2.39. The number of terminal acetylenes is 1. The minimum absolute atomic E-state index is 0.254. The first-order chi connectivity index (χ1) is 12.4. The lowest BCUT2D eigenvalue weighted by molar-refractivity contribution is 0.0398. The van der Waals surface area contributed by atoms with Crippen LogP contribution in [0.15, 0.2) is 30.3 Å². The lowest BCUT2D eigenvalue weighted by Gasteiger charge is -2.28. The van der Waals surface area contributed by atoms with Gasteiger partial charge in [-0.1, -0.05) is 24.3 Å². The third-order valence-electron chi connectivity index (χ3n) is 5.24. The van der Waals surface area contributed by atoms with Gasteiger partial charge in [0.2, 0.25) is 0 Å². The molecule has 2 N–H and O–H groups in total. The van der Waals surface area contributed by atoms with Gasteiger partial charge in [-0.2, -0.15) is 0 Å². The number of benzene rings is 2. The number of ether oxygens (including phenoxy) is 1. The average molecular weight is 335 g/mol. The predicted molar refractivity (Wildman–Crippen MR) is 103 cm³/mol. The molecule has 0 aliphatic carbocycles. The fraction of sp³-hybridized carbons (Fsp3) is 0.429. The molecule has 0 radical (unpaired) electrons. The molecular weight excluding hydrogens is 310 g/mol. The van der Waals surface area contributed by atoms with Crippen LogP contribution < -0.4 is 10.6 Å². The number of morpholine rings is 1. The van der Waals surface area contributed by atoms with Gasteiger partial charge in [0.1, 0.15) is 0 Å². The SMILES string of the molecule is C#CCC1NCc2ccc(NCCN3CCOCC3)c3cccc1c23. The van der Waals surface area contributed by atoms with E-state index in [9.17, 15) is 0 Å². The van der Waals surface area contributed by atoms with Crippen LogP contribution in [0.25, 0.3) is 10.8 Å². The average Bonchev–Trinajstić information content (AvgIpc) is 2.66. The molecule has 1 fully saturated rings. The van der Waals surface area contributed by atoms with E-state index < -0.39 is 0 Å². The molecule has 0 aromatic heterocycles. The second-order valence-corrected chi connectivity index (χ2v) is 6.76.